The van der Waals surface area contributed by atoms with Crippen LogP contribution >= 0.6 is 0 Å². The first-order chi connectivity index (χ1) is 9.81. The first-order valence-electron chi connectivity index (χ1n) is 7.06. The Balaban J connectivity index is 1.81. The summed E-state index contributed by atoms with van der Waals surface area (Å²) in [6.45, 7) is 0. The fourth-order valence-electron chi connectivity index (χ4n) is 3.15. The van der Waals surface area contributed by atoms with Crippen LogP contribution in [0.15, 0.2) is 48.5 Å². The molecule has 0 aromatic heterocycles. The standard InChI is InChI=1S/C18H20O2/c1-19-15-9-7-13(8-10-15)11-14-12-18(20-2)17-6-4-3-5-16(14)17/h3-10,14,18H,11-12H2,1-2H3. The first kappa shape index (κ1) is 13.2. The molecule has 0 spiro atoms. The molecule has 20 heavy (non-hydrogen) atoms. The molecule has 3 rings (SSSR count). The Morgan fingerprint density at radius 2 is 1.65 bits per heavy atom. The van der Waals surface area contributed by atoms with Gasteiger partial charge in [-0.1, -0.05) is 36.4 Å². The van der Waals surface area contributed by atoms with E-state index in [2.05, 4.69) is 36.4 Å². The predicted molar refractivity (Wildman–Crippen MR) is 80.2 cm³/mol. The third-order valence-corrected chi connectivity index (χ3v) is 4.21. The third kappa shape index (κ3) is 2.44. The van der Waals surface area contributed by atoms with Gasteiger partial charge in [-0.15, -0.1) is 0 Å². The summed E-state index contributed by atoms with van der Waals surface area (Å²) in [5.41, 5.74) is 4.14. The van der Waals surface area contributed by atoms with Crippen LogP contribution in [0.5, 0.6) is 5.75 Å². The second-order valence-corrected chi connectivity index (χ2v) is 5.34. The third-order valence-electron chi connectivity index (χ3n) is 4.21. The molecule has 2 heteroatoms. The second kappa shape index (κ2) is 5.68. The summed E-state index contributed by atoms with van der Waals surface area (Å²) in [6, 6.07) is 17.0. The van der Waals surface area contributed by atoms with E-state index < -0.39 is 0 Å². The average Bonchev–Trinajstić information content (AvgIpc) is 2.86. The van der Waals surface area contributed by atoms with Gasteiger partial charge in [0.2, 0.25) is 0 Å². The van der Waals surface area contributed by atoms with Crippen molar-refractivity contribution >= 4 is 0 Å². The Hall–Kier alpha value is -1.80. The van der Waals surface area contributed by atoms with E-state index in [1.165, 1.54) is 16.7 Å². The first-order valence-corrected chi connectivity index (χ1v) is 7.06. The van der Waals surface area contributed by atoms with E-state index in [1.807, 2.05) is 12.1 Å². The highest BCUT2D eigenvalue weighted by Gasteiger charge is 2.30. The van der Waals surface area contributed by atoms with Crippen LogP contribution in [-0.2, 0) is 11.2 Å². The van der Waals surface area contributed by atoms with Crippen LogP contribution in [-0.4, -0.2) is 14.2 Å². The normalized spacial score (nSPS) is 20.7. The van der Waals surface area contributed by atoms with Gasteiger partial charge in [-0.2, -0.15) is 0 Å². The van der Waals surface area contributed by atoms with Crippen molar-refractivity contribution in [2.45, 2.75) is 24.9 Å². The molecule has 0 fully saturated rings. The molecule has 1 aliphatic carbocycles. The highest BCUT2D eigenvalue weighted by Crippen LogP contribution is 2.43. The lowest BCUT2D eigenvalue weighted by Gasteiger charge is -2.12. The zero-order valence-corrected chi connectivity index (χ0v) is 12.0. The molecule has 0 radical (unpaired) electrons. The maximum absolute atomic E-state index is 5.62. The number of hydrogen-bond donors (Lipinski definition) is 0. The summed E-state index contributed by atoms with van der Waals surface area (Å²) in [4.78, 5) is 0. The van der Waals surface area contributed by atoms with Crippen molar-refractivity contribution in [1.29, 1.82) is 0 Å². The molecule has 2 aromatic carbocycles. The fraction of sp³-hybridized carbons (Fsp3) is 0.333. The molecule has 0 heterocycles. The summed E-state index contributed by atoms with van der Waals surface area (Å²) in [5, 5.41) is 0. The van der Waals surface area contributed by atoms with E-state index in [4.69, 9.17) is 9.47 Å². The van der Waals surface area contributed by atoms with Crippen molar-refractivity contribution in [2.24, 2.45) is 0 Å². The maximum atomic E-state index is 5.62. The van der Waals surface area contributed by atoms with Crippen LogP contribution in [0.3, 0.4) is 0 Å². The van der Waals surface area contributed by atoms with E-state index in [0.717, 1.165) is 18.6 Å². The Bertz CT molecular complexity index is 574. The minimum Gasteiger partial charge on any atom is -0.497 e. The second-order valence-electron chi connectivity index (χ2n) is 5.34. The minimum absolute atomic E-state index is 0.245. The van der Waals surface area contributed by atoms with E-state index in [-0.39, 0.29) is 6.10 Å². The largest absolute Gasteiger partial charge is 0.497 e. The summed E-state index contributed by atoms with van der Waals surface area (Å²) < 4.78 is 10.8. The summed E-state index contributed by atoms with van der Waals surface area (Å²) >= 11 is 0. The van der Waals surface area contributed by atoms with E-state index >= 15 is 0 Å². The summed E-state index contributed by atoms with van der Waals surface area (Å²) in [6.07, 6.45) is 2.37. The molecule has 1 aliphatic rings. The van der Waals surface area contributed by atoms with Crippen LogP contribution < -0.4 is 4.74 Å². The van der Waals surface area contributed by atoms with Crippen molar-refractivity contribution in [2.75, 3.05) is 14.2 Å². The van der Waals surface area contributed by atoms with E-state index in [9.17, 15) is 0 Å². The van der Waals surface area contributed by atoms with Gasteiger partial charge in [-0.25, -0.2) is 0 Å². The van der Waals surface area contributed by atoms with Gasteiger partial charge in [-0.3, -0.25) is 0 Å². The monoisotopic (exact) mass is 268 g/mol. The molecule has 0 saturated carbocycles. The number of methoxy groups -OCH3 is 2. The quantitative estimate of drug-likeness (QED) is 0.830. The van der Waals surface area contributed by atoms with E-state index in [1.54, 1.807) is 14.2 Å². The van der Waals surface area contributed by atoms with Gasteiger partial charge >= 0.3 is 0 Å². The Kier molecular flexibility index (Phi) is 3.75. The molecule has 104 valence electrons. The molecule has 0 saturated heterocycles. The molecule has 2 nitrogen and oxygen atoms in total. The highest BCUT2D eigenvalue weighted by atomic mass is 16.5. The number of ether oxygens (including phenoxy) is 2. The number of hydrogen-bond acceptors (Lipinski definition) is 2. The van der Waals surface area contributed by atoms with Crippen LogP contribution in [0.1, 0.15) is 35.1 Å². The molecule has 0 aliphatic heterocycles. The highest BCUT2D eigenvalue weighted by molar-refractivity contribution is 5.39. The topological polar surface area (TPSA) is 18.5 Å². The number of rotatable bonds is 4. The summed E-state index contributed by atoms with van der Waals surface area (Å²) in [7, 11) is 3.50. The van der Waals surface area contributed by atoms with E-state index in [0.29, 0.717) is 5.92 Å². The smallest absolute Gasteiger partial charge is 0.118 e. The Morgan fingerprint density at radius 1 is 0.950 bits per heavy atom. The Morgan fingerprint density at radius 3 is 2.30 bits per heavy atom. The van der Waals surface area contributed by atoms with Gasteiger partial charge in [0.15, 0.2) is 0 Å². The number of fused-ring (bicyclic) bond motifs is 1. The van der Waals surface area contributed by atoms with Gasteiger partial charge < -0.3 is 9.47 Å². The van der Waals surface area contributed by atoms with Crippen LogP contribution in [0.4, 0.5) is 0 Å². The molecular weight excluding hydrogens is 248 g/mol. The van der Waals surface area contributed by atoms with Gasteiger partial charge in [-0.05, 0) is 47.6 Å². The molecule has 0 amide bonds. The zero-order valence-electron chi connectivity index (χ0n) is 12.0. The molecule has 2 atom stereocenters. The van der Waals surface area contributed by atoms with Gasteiger partial charge in [0.05, 0.1) is 13.2 Å². The lowest BCUT2D eigenvalue weighted by Crippen LogP contribution is -2.00. The minimum atomic E-state index is 0.245. The van der Waals surface area contributed by atoms with Gasteiger partial charge in [0.1, 0.15) is 5.75 Å². The van der Waals surface area contributed by atoms with Crippen molar-refractivity contribution in [3.8, 4) is 5.75 Å². The molecule has 0 bridgehead atoms. The number of benzene rings is 2. The Labute approximate surface area is 120 Å². The molecule has 2 unspecified atom stereocenters. The molecular formula is C18H20O2. The van der Waals surface area contributed by atoms with Gasteiger partial charge in [0.25, 0.3) is 0 Å². The van der Waals surface area contributed by atoms with Crippen molar-refractivity contribution in [1.82, 2.24) is 0 Å². The predicted octanol–water partition coefficient (Wildman–Crippen LogP) is 4.11. The zero-order chi connectivity index (χ0) is 13.9. The van der Waals surface area contributed by atoms with Crippen molar-refractivity contribution < 1.29 is 9.47 Å². The van der Waals surface area contributed by atoms with Gasteiger partial charge in [0, 0.05) is 7.11 Å². The van der Waals surface area contributed by atoms with Crippen LogP contribution in [0.2, 0.25) is 0 Å². The lowest BCUT2D eigenvalue weighted by molar-refractivity contribution is 0.100. The van der Waals surface area contributed by atoms with Crippen LogP contribution in [0.25, 0.3) is 0 Å². The van der Waals surface area contributed by atoms with Crippen molar-refractivity contribution in [3.05, 3.63) is 65.2 Å². The van der Waals surface area contributed by atoms with Crippen molar-refractivity contribution in [3.63, 3.8) is 0 Å². The van der Waals surface area contributed by atoms with Crippen LogP contribution in [0, 0.1) is 0 Å². The maximum Gasteiger partial charge on any atom is 0.118 e. The molecule has 0 N–H and O–H groups in total. The fourth-order valence-corrected chi connectivity index (χ4v) is 3.15. The lowest BCUT2D eigenvalue weighted by atomic mass is 9.93. The average molecular weight is 268 g/mol. The SMILES string of the molecule is COc1ccc(CC2CC(OC)c3ccccc32)cc1. The summed E-state index contributed by atoms with van der Waals surface area (Å²) in [5.74, 6) is 1.46. The molecule has 2 aromatic rings.